The first-order chi connectivity index (χ1) is 4.83. The molecule has 10 heavy (non-hydrogen) atoms. The molecule has 2 aliphatic heterocycles. The average Bonchev–Trinajstić information content (AvgIpc) is 2.04. The molecule has 1 atom stereocenters. The Labute approximate surface area is 59.4 Å². The Hall–Kier alpha value is -0.610. The fourth-order valence-electron chi connectivity index (χ4n) is 1.41. The fraction of sp³-hybridized carbons (Fsp3) is 0.833. The van der Waals surface area contributed by atoms with Gasteiger partial charge in [-0.25, -0.2) is 0 Å². The van der Waals surface area contributed by atoms with Crippen molar-refractivity contribution in [2.24, 2.45) is 0 Å². The number of amides is 1. The predicted octanol–water partition coefficient (Wildman–Crippen LogP) is -1.95. The van der Waals surface area contributed by atoms with Crippen molar-refractivity contribution in [3.05, 3.63) is 0 Å². The van der Waals surface area contributed by atoms with E-state index in [1.54, 1.807) is 0 Å². The van der Waals surface area contributed by atoms with E-state index in [1.165, 1.54) is 0 Å². The molecule has 56 valence electrons. The maximum absolute atomic E-state index is 11.0. The van der Waals surface area contributed by atoms with Crippen LogP contribution in [-0.2, 0) is 4.79 Å². The van der Waals surface area contributed by atoms with Crippen LogP contribution in [0.4, 0.5) is 0 Å². The Kier molecular flexibility index (Phi) is 1.18. The van der Waals surface area contributed by atoms with E-state index in [9.17, 15) is 4.79 Å². The van der Waals surface area contributed by atoms with Crippen LogP contribution in [0.15, 0.2) is 0 Å². The minimum Gasteiger partial charge on any atom is -0.352 e. The summed E-state index contributed by atoms with van der Waals surface area (Å²) in [7, 11) is 0. The summed E-state index contributed by atoms with van der Waals surface area (Å²) in [6.45, 7) is 3.42. The summed E-state index contributed by atoms with van der Waals surface area (Å²) in [5.74, 6) is 0.139. The van der Waals surface area contributed by atoms with E-state index >= 15 is 0 Å². The molecule has 4 nitrogen and oxygen atoms in total. The van der Waals surface area contributed by atoms with Gasteiger partial charge in [0, 0.05) is 26.2 Å². The third kappa shape index (κ3) is 0.660. The average molecular weight is 141 g/mol. The van der Waals surface area contributed by atoms with Gasteiger partial charge in [-0.1, -0.05) is 0 Å². The summed E-state index contributed by atoms with van der Waals surface area (Å²) in [6.07, 6.45) is 0. The van der Waals surface area contributed by atoms with Crippen LogP contribution in [0.5, 0.6) is 0 Å². The van der Waals surface area contributed by atoms with Gasteiger partial charge < -0.3 is 10.6 Å². The van der Waals surface area contributed by atoms with Crippen LogP contribution >= 0.6 is 0 Å². The van der Waals surface area contributed by atoms with Gasteiger partial charge in [0.15, 0.2) is 0 Å². The van der Waals surface area contributed by atoms with Crippen molar-refractivity contribution in [3.63, 3.8) is 0 Å². The molecule has 0 aromatic rings. The van der Waals surface area contributed by atoms with Crippen LogP contribution in [-0.4, -0.2) is 37.6 Å². The highest BCUT2D eigenvalue weighted by Crippen LogP contribution is 2.12. The largest absolute Gasteiger partial charge is 0.352 e. The van der Waals surface area contributed by atoms with Gasteiger partial charge in [-0.05, 0) is 0 Å². The van der Waals surface area contributed by atoms with Crippen LogP contribution in [0.3, 0.4) is 0 Å². The number of piperazine rings is 1. The molecule has 2 aliphatic rings. The Morgan fingerprint density at radius 1 is 1.30 bits per heavy atom. The van der Waals surface area contributed by atoms with Crippen LogP contribution in [0.1, 0.15) is 0 Å². The maximum Gasteiger partial charge on any atom is 0.243 e. The molecular formula is C6H11N3O. The molecule has 0 saturated carbocycles. The zero-order chi connectivity index (χ0) is 7.03. The lowest BCUT2D eigenvalue weighted by atomic mass is 9.89. The molecule has 0 aromatic heterocycles. The van der Waals surface area contributed by atoms with Gasteiger partial charge in [-0.2, -0.15) is 0 Å². The molecule has 0 unspecified atom stereocenters. The summed E-state index contributed by atoms with van der Waals surface area (Å²) in [5.41, 5.74) is -0.252. The Bertz CT molecular complexity index is 162. The van der Waals surface area contributed by atoms with Gasteiger partial charge in [-0.3, -0.25) is 10.1 Å². The van der Waals surface area contributed by atoms with Crippen LogP contribution in [0.25, 0.3) is 0 Å². The van der Waals surface area contributed by atoms with E-state index in [4.69, 9.17) is 0 Å². The van der Waals surface area contributed by atoms with Crippen molar-refractivity contribution < 1.29 is 4.79 Å². The van der Waals surface area contributed by atoms with Gasteiger partial charge in [0.05, 0.1) is 0 Å². The highest BCUT2D eigenvalue weighted by atomic mass is 16.2. The van der Waals surface area contributed by atoms with Crippen molar-refractivity contribution in [2.75, 3.05) is 26.2 Å². The summed E-state index contributed by atoms with van der Waals surface area (Å²) < 4.78 is 0. The molecule has 1 spiro atoms. The fourth-order valence-corrected chi connectivity index (χ4v) is 1.41. The zero-order valence-corrected chi connectivity index (χ0v) is 5.74. The normalized spacial score (nSPS) is 39.0. The minimum atomic E-state index is -0.252. The standard InChI is InChI=1S/C6H11N3O/c10-5-6(4-8-5)3-7-1-2-9-6/h7,9H,1-4H2,(H,8,10)/t6-/m0/s1. The second kappa shape index (κ2) is 1.93. The van der Waals surface area contributed by atoms with Gasteiger partial charge in [0.2, 0.25) is 5.91 Å². The second-order valence-corrected chi connectivity index (χ2v) is 2.87. The third-order valence-corrected chi connectivity index (χ3v) is 2.18. The minimum absolute atomic E-state index is 0.139. The number of carbonyl (C=O) groups excluding carboxylic acids is 1. The smallest absolute Gasteiger partial charge is 0.243 e. The Balaban J connectivity index is 2.06. The van der Waals surface area contributed by atoms with Gasteiger partial charge in [0.25, 0.3) is 0 Å². The molecule has 0 bridgehead atoms. The molecule has 2 fully saturated rings. The number of hydrogen-bond donors (Lipinski definition) is 3. The number of carbonyl (C=O) groups is 1. The number of β-lactam (4-membered cyclic amide) rings is 1. The first kappa shape index (κ1) is 6.12. The molecule has 3 N–H and O–H groups in total. The quantitative estimate of drug-likeness (QED) is 0.344. The summed E-state index contributed by atoms with van der Waals surface area (Å²) in [5, 5.41) is 9.12. The predicted molar refractivity (Wildman–Crippen MR) is 36.6 cm³/mol. The highest BCUT2D eigenvalue weighted by Gasteiger charge is 2.46. The summed E-state index contributed by atoms with van der Waals surface area (Å²) in [4.78, 5) is 11.0. The van der Waals surface area contributed by atoms with Crippen LogP contribution in [0, 0.1) is 0 Å². The Morgan fingerprint density at radius 2 is 2.20 bits per heavy atom. The van der Waals surface area contributed by atoms with Crippen molar-refractivity contribution in [2.45, 2.75) is 5.54 Å². The number of rotatable bonds is 0. The number of nitrogens with one attached hydrogen (secondary N) is 3. The molecule has 2 saturated heterocycles. The zero-order valence-electron chi connectivity index (χ0n) is 5.74. The van der Waals surface area contributed by atoms with Crippen LogP contribution < -0.4 is 16.0 Å². The van der Waals surface area contributed by atoms with Gasteiger partial charge >= 0.3 is 0 Å². The first-order valence-electron chi connectivity index (χ1n) is 3.58. The van der Waals surface area contributed by atoms with Gasteiger partial charge in [-0.15, -0.1) is 0 Å². The van der Waals surface area contributed by atoms with E-state index in [0.717, 1.165) is 26.2 Å². The van der Waals surface area contributed by atoms with Crippen molar-refractivity contribution in [1.82, 2.24) is 16.0 Å². The Morgan fingerprint density at radius 3 is 2.50 bits per heavy atom. The monoisotopic (exact) mass is 141 g/mol. The van der Waals surface area contributed by atoms with E-state index < -0.39 is 0 Å². The molecule has 0 aliphatic carbocycles. The van der Waals surface area contributed by atoms with E-state index in [0.29, 0.717) is 0 Å². The van der Waals surface area contributed by atoms with Crippen molar-refractivity contribution in [3.8, 4) is 0 Å². The maximum atomic E-state index is 11.0. The molecule has 4 heteroatoms. The number of hydrogen-bond acceptors (Lipinski definition) is 3. The molecule has 2 heterocycles. The second-order valence-electron chi connectivity index (χ2n) is 2.87. The molecule has 1 amide bonds. The van der Waals surface area contributed by atoms with Gasteiger partial charge in [0.1, 0.15) is 5.54 Å². The van der Waals surface area contributed by atoms with E-state index in [1.807, 2.05) is 0 Å². The molecule has 0 radical (unpaired) electrons. The summed E-state index contributed by atoms with van der Waals surface area (Å²) >= 11 is 0. The molecule has 2 rings (SSSR count). The molecular weight excluding hydrogens is 130 g/mol. The van der Waals surface area contributed by atoms with E-state index in [-0.39, 0.29) is 11.4 Å². The lowest BCUT2D eigenvalue weighted by Crippen LogP contribution is -2.78. The van der Waals surface area contributed by atoms with E-state index in [2.05, 4.69) is 16.0 Å². The highest BCUT2D eigenvalue weighted by molar-refractivity contribution is 5.93. The lowest BCUT2D eigenvalue weighted by Gasteiger charge is -2.44. The SMILES string of the molecule is O=C1NC[C@@]12CNCCN2. The topological polar surface area (TPSA) is 53.2 Å². The first-order valence-corrected chi connectivity index (χ1v) is 3.58. The molecule has 0 aromatic carbocycles. The summed E-state index contributed by atoms with van der Waals surface area (Å²) in [6, 6.07) is 0. The van der Waals surface area contributed by atoms with Crippen LogP contribution in [0.2, 0.25) is 0 Å². The van der Waals surface area contributed by atoms with Crippen molar-refractivity contribution >= 4 is 5.91 Å². The van der Waals surface area contributed by atoms with Crippen molar-refractivity contribution in [1.29, 1.82) is 0 Å². The third-order valence-electron chi connectivity index (χ3n) is 2.18. The lowest BCUT2D eigenvalue weighted by molar-refractivity contribution is -0.135.